The van der Waals surface area contributed by atoms with E-state index in [2.05, 4.69) is 152 Å². The molecule has 5 heterocycles. The van der Waals surface area contributed by atoms with Crippen LogP contribution in [0.1, 0.15) is 0 Å². The van der Waals surface area contributed by atoms with Gasteiger partial charge in [0, 0.05) is 50.5 Å². The molecule has 2 aliphatic heterocycles. The molecule has 0 saturated heterocycles. The van der Waals surface area contributed by atoms with Crippen LogP contribution in [0.15, 0.2) is 152 Å². The fraction of sp³-hybridized carbons (Fsp3) is 0. The summed E-state index contributed by atoms with van der Waals surface area (Å²) in [7, 11) is 0. The highest BCUT2D eigenvalue weighted by atomic mass is 15.2. The van der Waals surface area contributed by atoms with Gasteiger partial charge in [-0.1, -0.05) is 84.9 Å². The van der Waals surface area contributed by atoms with Crippen LogP contribution >= 0.6 is 0 Å². The Morgan fingerprint density at radius 3 is 2.02 bits per heavy atom. The average Bonchev–Trinajstić information content (AvgIpc) is 3.64. The number of hydrogen-bond donors (Lipinski definition) is 0. The Kier molecular flexibility index (Phi) is 4.63. The van der Waals surface area contributed by atoms with Gasteiger partial charge >= 0.3 is 0 Å². The Morgan fingerprint density at radius 2 is 1.17 bits per heavy atom. The molecular weight excluding hydrogens is 559 g/mol. The molecule has 0 spiro atoms. The van der Waals surface area contributed by atoms with Crippen LogP contribution in [0, 0.1) is 0 Å². The molecule has 0 saturated carbocycles. The summed E-state index contributed by atoms with van der Waals surface area (Å²) in [5, 5.41) is 5.09. The first-order valence-electron chi connectivity index (χ1n) is 15.9. The second kappa shape index (κ2) is 8.77. The number of para-hydroxylation sites is 4. The monoisotopic (exact) mass is 584 g/mol. The normalized spacial score (nSPS) is 13.1. The molecule has 9 aromatic rings. The molecule has 11 rings (SSSR count). The first-order valence-corrected chi connectivity index (χ1v) is 15.9. The van der Waals surface area contributed by atoms with Gasteiger partial charge in [-0.15, -0.1) is 0 Å². The van der Waals surface area contributed by atoms with Crippen LogP contribution in [-0.4, -0.2) is 20.8 Å². The molecule has 2 aliphatic rings. The molecule has 46 heavy (non-hydrogen) atoms. The van der Waals surface area contributed by atoms with E-state index in [9.17, 15) is 0 Å². The van der Waals surface area contributed by atoms with E-state index in [1.54, 1.807) is 0 Å². The number of nitrogens with zero attached hydrogens (tertiary/aromatic N) is 4. The second-order valence-corrected chi connectivity index (χ2v) is 12.4. The lowest BCUT2D eigenvalue weighted by Crippen LogP contribution is -2.60. The highest BCUT2D eigenvalue weighted by molar-refractivity contribution is 7.00. The maximum absolute atomic E-state index is 4.55. The number of aromatic nitrogens is 3. The van der Waals surface area contributed by atoms with Crippen molar-refractivity contribution in [2.24, 2.45) is 0 Å². The number of rotatable bonds is 2. The fourth-order valence-corrected chi connectivity index (χ4v) is 8.48. The molecule has 4 nitrogen and oxygen atoms in total. The van der Waals surface area contributed by atoms with Gasteiger partial charge in [-0.3, -0.25) is 4.98 Å². The molecular formula is C41H25BN4. The molecule has 6 aromatic carbocycles. The number of anilines is 3. The van der Waals surface area contributed by atoms with Gasteiger partial charge in [-0.2, -0.15) is 0 Å². The van der Waals surface area contributed by atoms with Crippen LogP contribution in [0.3, 0.4) is 0 Å². The van der Waals surface area contributed by atoms with E-state index >= 15 is 0 Å². The van der Waals surface area contributed by atoms with Crippen molar-refractivity contribution in [3.63, 3.8) is 0 Å². The van der Waals surface area contributed by atoms with Crippen molar-refractivity contribution in [3.05, 3.63) is 152 Å². The van der Waals surface area contributed by atoms with Crippen molar-refractivity contribution in [2.45, 2.75) is 0 Å². The minimum atomic E-state index is 0.0894. The Hall–Kier alpha value is -6.07. The third kappa shape index (κ3) is 2.93. The van der Waals surface area contributed by atoms with Crippen molar-refractivity contribution < 1.29 is 0 Å². The summed E-state index contributed by atoms with van der Waals surface area (Å²) < 4.78 is 4.96. The minimum absolute atomic E-state index is 0.0894. The van der Waals surface area contributed by atoms with Crippen LogP contribution in [0.25, 0.3) is 55.0 Å². The van der Waals surface area contributed by atoms with E-state index in [1.807, 2.05) is 18.5 Å². The lowest BCUT2D eigenvalue weighted by molar-refractivity contribution is 1.14. The van der Waals surface area contributed by atoms with E-state index in [0.717, 1.165) is 5.69 Å². The number of fused-ring (bicyclic) bond motifs is 11. The van der Waals surface area contributed by atoms with Gasteiger partial charge in [0.15, 0.2) is 0 Å². The van der Waals surface area contributed by atoms with Gasteiger partial charge in [-0.05, 0) is 71.0 Å². The van der Waals surface area contributed by atoms with Gasteiger partial charge in [0.2, 0.25) is 0 Å². The van der Waals surface area contributed by atoms with Crippen LogP contribution in [0.4, 0.5) is 17.1 Å². The lowest BCUT2D eigenvalue weighted by Gasteiger charge is -2.40. The second-order valence-electron chi connectivity index (χ2n) is 12.4. The molecule has 0 fully saturated rings. The van der Waals surface area contributed by atoms with Crippen molar-refractivity contribution in [1.29, 1.82) is 0 Å². The first kappa shape index (κ1) is 24.3. The zero-order valence-corrected chi connectivity index (χ0v) is 24.8. The van der Waals surface area contributed by atoms with Gasteiger partial charge in [0.1, 0.15) is 0 Å². The zero-order valence-electron chi connectivity index (χ0n) is 24.8. The summed E-state index contributed by atoms with van der Waals surface area (Å²) >= 11 is 0. The zero-order chi connectivity index (χ0) is 29.9. The smallest absolute Gasteiger partial charge is 0.252 e. The summed E-state index contributed by atoms with van der Waals surface area (Å²) in [5.41, 5.74) is 15.0. The molecule has 212 valence electrons. The van der Waals surface area contributed by atoms with Gasteiger partial charge in [0.25, 0.3) is 6.71 Å². The molecule has 5 heteroatoms. The first-order chi connectivity index (χ1) is 22.9. The van der Waals surface area contributed by atoms with E-state index in [-0.39, 0.29) is 6.71 Å². The molecule has 3 aromatic heterocycles. The average molecular weight is 584 g/mol. The van der Waals surface area contributed by atoms with Crippen LogP contribution in [-0.2, 0) is 0 Å². The van der Waals surface area contributed by atoms with E-state index in [1.165, 1.54) is 82.7 Å². The van der Waals surface area contributed by atoms with Gasteiger partial charge in [0.05, 0.1) is 34.0 Å². The third-order valence-electron chi connectivity index (χ3n) is 10.1. The van der Waals surface area contributed by atoms with Gasteiger partial charge in [-0.25, -0.2) is 0 Å². The Morgan fingerprint density at radius 1 is 0.478 bits per heavy atom. The maximum atomic E-state index is 4.55. The maximum Gasteiger partial charge on any atom is 0.252 e. The Bertz CT molecular complexity index is 2710. The van der Waals surface area contributed by atoms with Gasteiger partial charge < -0.3 is 14.0 Å². The minimum Gasteiger partial charge on any atom is -0.311 e. The molecule has 0 atom stereocenters. The highest BCUT2D eigenvalue weighted by Gasteiger charge is 2.42. The summed E-state index contributed by atoms with van der Waals surface area (Å²) in [5.74, 6) is 0. The number of benzene rings is 6. The van der Waals surface area contributed by atoms with Crippen molar-refractivity contribution >= 4 is 83.8 Å². The quantitative estimate of drug-likeness (QED) is 0.193. The Balaban J connectivity index is 1.38. The molecule has 0 unspecified atom stereocenters. The molecule has 0 amide bonds. The van der Waals surface area contributed by atoms with Crippen molar-refractivity contribution in [2.75, 3.05) is 4.90 Å². The molecule has 0 radical (unpaired) electrons. The molecule has 0 N–H and O–H groups in total. The molecule has 0 aliphatic carbocycles. The SMILES string of the molecule is c1ccc(N2c3ccccc3B3c4c2cccc4-n2c4ccccc4c4c2c3cc2c3ccccc3n(-c3cccnc3)c24)cc1. The summed E-state index contributed by atoms with van der Waals surface area (Å²) in [6, 6.07) is 51.1. The number of pyridine rings is 1. The number of hydrogen-bond acceptors (Lipinski definition) is 2. The van der Waals surface area contributed by atoms with E-state index in [0.29, 0.717) is 0 Å². The van der Waals surface area contributed by atoms with Crippen molar-refractivity contribution in [3.8, 4) is 11.4 Å². The Labute approximate surface area is 265 Å². The summed E-state index contributed by atoms with van der Waals surface area (Å²) in [6.45, 7) is 0.0894. The highest BCUT2D eigenvalue weighted by Crippen LogP contribution is 2.45. The summed E-state index contributed by atoms with van der Waals surface area (Å²) in [6.07, 6.45) is 3.83. The largest absolute Gasteiger partial charge is 0.311 e. The standard InChI is InChI=1S/C41H25BN4/c1-2-12-26(13-3-1)44-35-20-9-6-17-31(35)42-32-24-30-28-15-4-7-18-33(28)45(27-14-11-23-43-25-27)40(30)38-29-16-5-8-19-34(29)46(41(32)38)37-22-10-21-36(44)39(37)42/h1-25H. The van der Waals surface area contributed by atoms with E-state index in [4.69, 9.17) is 0 Å². The third-order valence-corrected chi connectivity index (χ3v) is 10.1. The topological polar surface area (TPSA) is 26.0 Å². The fourth-order valence-electron chi connectivity index (χ4n) is 8.48. The lowest BCUT2D eigenvalue weighted by atomic mass is 9.33. The molecule has 0 bridgehead atoms. The van der Waals surface area contributed by atoms with Crippen LogP contribution < -0.4 is 21.3 Å². The van der Waals surface area contributed by atoms with Crippen molar-refractivity contribution in [1.82, 2.24) is 14.1 Å². The summed E-state index contributed by atoms with van der Waals surface area (Å²) in [4.78, 5) is 7.00. The predicted molar refractivity (Wildman–Crippen MR) is 192 cm³/mol. The van der Waals surface area contributed by atoms with Crippen LogP contribution in [0.2, 0.25) is 0 Å². The predicted octanol–water partition coefficient (Wildman–Crippen LogP) is 7.89. The van der Waals surface area contributed by atoms with Crippen LogP contribution in [0.5, 0.6) is 0 Å². The van der Waals surface area contributed by atoms with E-state index < -0.39 is 0 Å².